The smallest absolute Gasteiger partial charge is 0.241 e. The first-order valence-electron chi connectivity index (χ1n) is 9.30. The molecule has 1 saturated heterocycles. The molecule has 6 nitrogen and oxygen atoms in total. The first-order chi connectivity index (χ1) is 12.7. The van der Waals surface area contributed by atoms with E-state index >= 15 is 0 Å². The van der Waals surface area contributed by atoms with Crippen molar-refractivity contribution in [3.63, 3.8) is 0 Å². The van der Waals surface area contributed by atoms with Gasteiger partial charge in [0.15, 0.2) is 0 Å². The normalized spacial score (nSPS) is 18.7. The molecule has 4 rings (SSSR count). The van der Waals surface area contributed by atoms with Gasteiger partial charge in [0.2, 0.25) is 5.91 Å². The maximum absolute atomic E-state index is 12.0. The summed E-state index contributed by atoms with van der Waals surface area (Å²) in [4.78, 5) is 24.6. The average molecular weight is 351 g/mol. The summed E-state index contributed by atoms with van der Waals surface area (Å²) < 4.78 is 0. The molecule has 136 valence electrons. The summed E-state index contributed by atoms with van der Waals surface area (Å²) in [7, 11) is 1.84. The summed E-state index contributed by atoms with van der Waals surface area (Å²) >= 11 is 0. The van der Waals surface area contributed by atoms with E-state index in [1.54, 1.807) is 11.2 Å². The monoisotopic (exact) mass is 351 g/mol. The Labute approximate surface area is 154 Å². The molecule has 1 amide bonds. The predicted molar refractivity (Wildman–Crippen MR) is 102 cm³/mol. The number of nitrogens with one attached hydrogen (secondary N) is 1. The van der Waals surface area contributed by atoms with Gasteiger partial charge in [-0.1, -0.05) is 30.3 Å². The van der Waals surface area contributed by atoms with Crippen LogP contribution in [-0.2, 0) is 11.2 Å². The van der Waals surface area contributed by atoms with Gasteiger partial charge in [-0.2, -0.15) is 0 Å². The summed E-state index contributed by atoms with van der Waals surface area (Å²) in [5.74, 6) is 2.50. The van der Waals surface area contributed by atoms with Crippen molar-refractivity contribution >= 4 is 17.5 Å². The zero-order chi connectivity index (χ0) is 17.9. The Kier molecular flexibility index (Phi) is 4.73. The molecule has 2 fully saturated rings. The molecule has 1 N–H and O–H groups in total. The van der Waals surface area contributed by atoms with Crippen LogP contribution in [0, 0.1) is 5.92 Å². The third-order valence-corrected chi connectivity index (χ3v) is 5.26. The highest BCUT2D eigenvalue weighted by atomic mass is 16.2. The van der Waals surface area contributed by atoms with Gasteiger partial charge in [0.25, 0.3) is 0 Å². The second-order valence-electron chi connectivity index (χ2n) is 7.28. The number of rotatable bonds is 6. The predicted octanol–water partition coefficient (Wildman–Crippen LogP) is 2.19. The van der Waals surface area contributed by atoms with Crippen LogP contribution in [0.25, 0.3) is 0 Å². The van der Waals surface area contributed by atoms with Gasteiger partial charge >= 0.3 is 0 Å². The lowest BCUT2D eigenvalue weighted by molar-refractivity contribution is -0.129. The molecule has 26 heavy (non-hydrogen) atoms. The lowest BCUT2D eigenvalue weighted by Crippen LogP contribution is -2.48. The lowest BCUT2D eigenvalue weighted by Gasteiger charge is -2.32. The van der Waals surface area contributed by atoms with E-state index in [-0.39, 0.29) is 5.91 Å². The highest BCUT2D eigenvalue weighted by Crippen LogP contribution is 2.35. The Morgan fingerprint density at radius 2 is 2.00 bits per heavy atom. The summed E-state index contributed by atoms with van der Waals surface area (Å²) in [5, 5.41) is 3.62. The van der Waals surface area contributed by atoms with E-state index in [4.69, 9.17) is 0 Å². The summed E-state index contributed by atoms with van der Waals surface area (Å²) in [6, 6.07) is 12.9. The first-order valence-corrected chi connectivity index (χ1v) is 9.30. The van der Waals surface area contributed by atoms with Crippen molar-refractivity contribution in [2.45, 2.75) is 25.3 Å². The van der Waals surface area contributed by atoms with Crippen LogP contribution in [0.15, 0.2) is 42.7 Å². The molecule has 6 heteroatoms. The Balaban J connectivity index is 1.46. The maximum atomic E-state index is 12.0. The van der Waals surface area contributed by atoms with E-state index in [2.05, 4.69) is 45.6 Å². The van der Waals surface area contributed by atoms with Gasteiger partial charge in [0, 0.05) is 32.2 Å². The largest absolute Gasteiger partial charge is 0.367 e. The molecule has 1 saturated carbocycles. The van der Waals surface area contributed by atoms with Crippen LogP contribution in [0.5, 0.6) is 0 Å². The Morgan fingerprint density at radius 3 is 2.73 bits per heavy atom. The summed E-state index contributed by atoms with van der Waals surface area (Å²) in [5.41, 5.74) is 1.34. The highest BCUT2D eigenvalue weighted by molar-refractivity contribution is 5.82. The van der Waals surface area contributed by atoms with E-state index in [9.17, 15) is 4.79 Å². The van der Waals surface area contributed by atoms with Crippen molar-refractivity contribution in [1.82, 2.24) is 14.9 Å². The molecule has 2 heterocycles. The van der Waals surface area contributed by atoms with Crippen molar-refractivity contribution in [2.75, 3.05) is 36.9 Å². The van der Waals surface area contributed by atoms with Gasteiger partial charge in [-0.25, -0.2) is 9.97 Å². The molecule has 1 aromatic carbocycles. The van der Waals surface area contributed by atoms with Crippen molar-refractivity contribution in [2.24, 2.45) is 5.92 Å². The van der Waals surface area contributed by atoms with Crippen LogP contribution < -0.4 is 10.2 Å². The van der Waals surface area contributed by atoms with Crippen LogP contribution in [0.2, 0.25) is 0 Å². The van der Waals surface area contributed by atoms with Gasteiger partial charge in [-0.15, -0.1) is 0 Å². The number of amides is 1. The fourth-order valence-corrected chi connectivity index (χ4v) is 3.45. The lowest BCUT2D eigenvalue weighted by atomic mass is 10.0. The molecule has 1 atom stereocenters. The maximum Gasteiger partial charge on any atom is 0.241 e. The molecule has 0 spiro atoms. The highest BCUT2D eigenvalue weighted by Gasteiger charge is 2.31. The summed E-state index contributed by atoms with van der Waals surface area (Å²) in [6.07, 6.45) is 5.13. The minimum absolute atomic E-state index is 0.129. The first kappa shape index (κ1) is 16.8. The third kappa shape index (κ3) is 3.95. The molecule has 1 aromatic heterocycles. The minimum Gasteiger partial charge on any atom is -0.367 e. The number of carbonyl (C=O) groups excluding carboxylic acids is 1. The van der Waals surface area contributed by atoms with Crippen LogP contribution in [0.3, 0.4) is 0 Å². The van der Waals surface area contributed by atoms with E-state index in [1.807, 2.05) is 18.0 Å². The van der Waals surface area contributed by atoms with Gasteiger partial charge in [-0.05, 0) is 30.7 Å². The quantitative estimate of drug-likeness (QED) is 0.864. The fourth-order valence-electron chi connectivity index (χ4n) is 3.45. The number of benzene rings is 1. The Morgan fingerprint density at radius 1 is 1.19 bits per heavy atom. The fraction of sp³-hybridized carbons (Fsp3) is 0.450. The standard InChI is InChI=1S/C20H25N5O/c1-24-9-10-25(13-20(24)26)19-12-18(21-14-22-19)23-17(16-7-8-16)11-15-5-3-2-4-6-15/h2-6,12,14,16-17H,7-11,13H2,1H3,(H,21,22,23). The number of carbonyl (C=O) groups is 1. The number of anilines is 2. The van der Waals surface area contributed by atoms with Crippen molar-refractivity contribution in [3.05, 3.63) is 48.3 Å². The SMILES string of the molecule is CN1CCN(c2cc(NC(Cc3ccccc3)C3CC3)ncn2)CC1=O. The molecule has 2 aliphatic rings. The second kappa shape index (κ2) is 7.32. The number of piperazine rings is 1. The third-order valence-electron chi connectivity index (χ3n) is 5.26. The van der Waals surface area contributed by atoms with Crippen molar-refractivity contribution in [1.29, 1.82) is 0 Å². The minimum atomic E-state index is 0.129. The van der Waals surface area contributed by atoms with Crippen molar-refractivity contribution in [3.8, 4) is 0 Å². The molecular weight excluding hydrogens is 326 g/mol. The van der Waals surface area contributed by atoms with Gasteiger partial charge in [0.1, 0.15) is 18.0 Å². The van der Waals surface area contributed by atoms with E-state index in [0.717, 1.165) is 31.1 Å². The van der Waals surface area contributed by atoms with Crippen LogP contribution in [-0.4, -0.2) is 53.5 Å². The molecule has 1 unspecified atom stereocenters. The van der Waals surface area contributed by atoms with E-state index < -0.39 is 0 Å². The number of hydrogen-bond acceptors (Lipinski definition) is 5. The second-order valence-corrected chi connectivity index (χ2v) is 7.28. The molecular formula is C20H25N5O. The molecule has 1 aliphatic heterocycles. The number of nitrogens with zero attached hydrogens (tertiary/aromatic N) is 4. The molecule has 1 aliphatic carbocycles. The molecule has 2 aromatic rings. The van der Waals surface area contributed by atoms with E-state index in [1.165, 1.54) is 18.4 Å². The van der Waals surface area contributed by atoms with Crippen LogP contribution in [0.1, 0.15) is 18.4 Å². The molecule has 0 radical (unpaired) electrons. The Hall–Kier alpha value is -2.63. The zero-order valence-electron chi connectivity index (χ0n) is 15.1. The van der Waals surface area contributed by atoms with Gasteiger partial charge < -0.3 is 15.1 Å². The van der Waals surface area contributed by atoms with Gasteiger partial charge in [0.05, 0.1) is 6.54 Å². The van der Waals surface area contributed by atoms with Gasteiger partial charge in [-0.3, -0.25) is 4.79 Å². The van der Waals surface area contributed by atoms with Crippen LogP contribution in [0.4, 0.5) is 11.6 Å². The molecule has 0 bridgehead atoms. The average Bonchev–Trinajstić information content (AvgIpc) is 3.50. The Bertz CT molecular complexity index is 762. The topological polar surface area (TPSA) is 61.4 Å². The van der Waals surface area contributed by atoms with Crippen molar-refractivity contribution < 1.29 is 4.79 Å². The number of likely N-dealkylation sites (N-methyl/N-ethyl adjacent to an activating group) is 1. The van der Waals surface area contributed by atoms with E-state index in [0.29, 0.717) is 18.5 Å². The number of hydrogen-bond donors (Lipinski definition) is 1. The summed E-state index contributed by atoms with van der Waals surface area (Å²) in [6.45, 7) is 1.90. The van der Waals surface area contributed by atoms with Crippen LogP contribution >= 0.6 is 0 Å². The zero-order valence-corrected chi connectivity index (χ0v) is 15.1. The number of aromatic nitrogens is 2.